The fraction of sp³-hybridized carbons (Fsp3) is 0.424. The van der Waals surface area contributed by atoms with Gasteiger partial charge in [-0.05, 0) is 68.1 Å². The van der Waals surface area contributed by atoms with E-state index in [9.17, 15) is 39.5 Å². The van der Waals surface area contributed by atoms with E-state index in [2.05, 4.69) is 36.3 Å². The van der Waals surface area contributed by atoms with Crippen molar-refractivity contribution < 1.29 is 64.1 Å². The molecule has 0 bridgehead atoms. The van der Waals surface area contributed by atoms with Gasteiger partial charge in [0.25, 0.3) is 0 Å². The third-order valence-corrected chi connectivity index (χ3v) is 7.82. The maximum atomic E-state index is 12.7. The molecule has 0 spiro atoms. The van der Waals surface area contributed by atoms with Gasteiger partial charge in [0.2, 0.25) is 5.95 Å². The van der Waals surface area contributed by atoms with Gasteiger partial charge in [-0.2, -0.15) is 31.6 Å². The second-order valence-electron chi connectivity index (χ2n) is 11.7. The Balaban J connectivity index is 0.000000458. The van der Waals surface area contributed by atoms with E-state index in [1.165, 1.54) is 18.2 Å². The van der Waals surface area contributed by atoms with Gasteiger partial charge in [0.15, 0.2) is 0 Å². The number of nitrogens with one attached hydrogen (secondary N) is 2. The topological polar surface area (TPSA) is 161 Å². The highest BCUT2D eigenvalue weighted by Gasteiger charge is 2.39. The summed E-state index contributed by atoms with van der Waals surface area (Å²) < 4.78 is 106. The van der Waals surface area contributed by atoms with Crippen LogP contribution >= 0.6 is 0 Å². The van der Waals surface area contributed by atoms with Crippen LogP contribution < -0.4 is 20.3 Å². The number of carboxylic acids is 2. The molecular formula is C33H33F9N6O5. The van der Waals surface area contributed by atoms with E-state index in [4.69, 9.17) is 25.1 Å². The smallest absolute Gasteiger partial charge is 0.475 e. The highest BCUT2D eigenvalue weighted by atomic mass is 19.4. The number of anilines is 2. The third-order valence-electron chi connectivity index (χ3n) is 7.82. The van der Waals surface area contributed by atoms with Crippen molar-refractivity contribution in [3.05, 3.63) is 66.4 Å². The lowest BCUT2D eigenvalue weighted by molar-refractivity contribution is -0.274. The summed E-state index contributed by atoms with van der Waals surface area (Å²) in [5.41, 5.74) is 2.83. The average Bonchev–Trinajstić information content (AvgIpc) is 3.08. The highest BCUT2D eigenvalue weighted by Crippen LogP contribution is 2.29. The van der Waals surface area contributed by atoms with Crippen molar-refractivity contribution in [2.45, 2.75) is 75.4 Å². The summed E-state index contributed by atoms with van der Waals surface area (Å²) in [4.78, 5) is 29.2. The first kappa shape index (κ1) is 42.1. The number of nitrogens with zero attached hydrogens (tertiary/aromatic N) is 4. The quantitative estimate of drug-likeness (QED) is 0.181. The number of benzene rings is 2. The van der Waals surface area contributed by atoms with Crippen molar-refractivity contribution in [3.63, 3.8) is 0 Å². The van der Waals surface area contributed by atoms with Gasteiger partial charge >= 0.3 is 30.7 Å². The van der Waals surface area contributed by atoms with Crippen LogP contribution in [0.2, 0.25) is 0 Å². The first-order chi connectivity index (χ1) is 24.7. The number of alkyl halides is 9. The molecule has 2 heterocycles. The number of piperidine rings is 1. The number of nitriles is 1. The molecule has 1 aliphatic carbocycles. The molecule has 0 amide bonds. The molecule has 3 atom stereocenters. The minimum absolute atomic E-state index is 0.138. The molecule has 3 aromatic rings. The zero-order valence-corrected chi connectivity index (χ0v) is 27.5. The van der Waals surface area contributed by atoms with Crippen LogP contribution in [0.25, 0.3) is 11.3 Å². The SMILES string of the molecule is N#Cc1ccc(N2CCC[C@H](N[C@@H]3CCCC[C@H]3Nc3nccc(-c4cccc(OC(F)(F)F)c4)n3)C2)cc1.O=C(O)C(F)(F)F.O=C(O)C(F)(F)F. The molecule has 1 aliphatic heterocycles. The van der Waals surface area contributed by atoms with Crippen LogP contribution in [0.15, 0.2) is 60.8 Å². The Morgan fingerprint density at radius 1 is 0.849 bits per heavy atom. The van der Waals surface area contributed by atoms with Gasteiger partial charge in [0.05, 0.1) is 17.3 Å². The van der Waals surface area contributed by atoms with Crippen LogP contribution in [0.4, 0.5) is 51.1 Å². The van der Waals surface area contributed by atoms with Gasteiger partial charge in [-0.3, -0.25) is 0 Å². The molecule has 2 fully saturated rings. The maximum Gasteiger partial charge on any atom is 0.573 e. The number of aliphatic carboxylic acids is 2. The van der Waals surface area contributed by atoms with E-state index in [1.54, 1.807) is 18.3 Å². The second-order valence-corrected chi connectivity index (χ2v) is 11.7. The van der Waals surface area contributed by atoms with E-state index >= 15 is 0 Å². The van der Waals surface area contributed by atoms with Crippen LogP contribution in [0, 0.1) is 11.3 Å². The van der Waals surface area contributed by atoms with Crippen molar-refractivity contribution in [1.82, 2.24) is 15.3 Å². The monoisotopic (exact) mass is 764 g/mol. The molecule has 5 rings (SSSR count). The zero-order valence-electron chi connectivity index (χ0n) is 27.5. The molecule has 20 heteroatoms. The number of ether oxygens (including phenoxy) is 1. The number of hydrogen-bond donors (Lipinski definition) is 4. The molecule has 4 N–H and O–H groups in total. The molecule has 1 aromatic heterocycles. The van der Waals surface area contributed by atoms with E-state index < -0.39 is 30.7 Å². The average molecular weight is 765 g/mol. The van der Waals surface area contributed by atoms with Gasteiger partial charge < -0.3 is 30.5 Å². The van der Waals surface area contributed by atoms with Gasteiger partial charge in [0, 0.05) is 48.7 Å². The summed E-state index contributed by atoms with van der Waals surface area (Å²) in [5, 5.41) is 30.7. The Kier molecular flexibility index (Phi) is 14.6. The normalized spacial score (nSPS) is 18.9. The largest absolute Gasteiger partial charge is 0.573 e. The number of carbonyl (C=O) groups is 2. The van der Waals surface area contributed by atoms with Crippen LogP contribution in [0.3, 0.4) is 0 Å². The summed E-state index contributed by atoms with van der Waals surface area (Å²) in [6, 6.07) is 18.1. The summed E-state index contributed by atoms with van der Waals surface area (Å²) in [6.07, 6.45) is -6.85. The van der Waals surface area contributed by atoms with Crippen LogP contribution in [0.5, 0.6) is 5.75 Å². The number of hydrogen-bond acceptors (Lipinski definition) is 9. The Morgan fingerprint density at radius 3 is 2.02 bits per heavy atom. The molecule has 288 valence electrons. The first-order valence-electron chi connectivity index (χ1n) is 15.8. The maximum absolute atomic E-state index is 12.7. The molecule has 0 radical (unpaired) electrons. The lowest BCUT2D eigenvalue weighted by Crippen LogP contribution is -2.55. The van der Waals surface area contributed by atoms with Gasteiger partial charge in [-0.25, -0.2) is 19.6 Å². The number of rotatable bonds is 7. The Morgan fingerprint density at radius 2 is 1.45 bits per heavy atom. The van der Waals surface area contributed by atoms with E-state index in [1.807, 2.05) is 24.3 Å². The fourth-order valence-electron chi connectivity index (χ4n) is 5.51. The van der Waals surface area contributed by atoms with Crippen molar-refractivity contribution in [1.29, 1.82) is 5.26 Å². The molecule has 0 unspecified atom stereocenters. The Hall–Kier alpha value is -5.32. The lowest BCUT2D eigenvalue weighted by atomic mass is 9.89. The Labute approximate surface area is 296 Å². The van der Waals surface area contributed by atoms with Crippen molar-refractivity contribution in [2.75, 3.05) is 23.3 Å². The van der Waals surface area contributed by atoms with Crippen LogP contribution in [0.1, 0.15) is 44.1 Å². The molecule has 1 saturated heterocycles. The molecule has 2 aromatic carbocycles. The number of aromatic nitrogens is 2. The van der Waals surface area contributed by atoms with Crippen molar-refractivity contribution >= 4 is 23.6 Å². The summed E-state index contributed by atoms with van der Waals surface area (Å²) in [7, 11) is 0. The molecule has 11 nitrogen and oxygen atoms in total. The first-order valence-corrected chi connectivity index (χ1v) is 15.8. The standard InChI is InChI=1S/C29H31F3N6O.2C2HF3O2/c30-29(31,32)39-24-7-3-5-21(17-24)25-14-15-34-28(36-25)37-27-9-2-1-8-26(27)35-22-6-4-16-38(19-22)23-12-10-20(18-33)11-13-23;2*3-2(4,5)1(6)7/h3,5,7,10-15,17,22,26-27,35H,1-2,4,6,8-9,16,19H2,(H,34,36,37);2*(H,6,7)/t22-,26+,27+;;/m0../s1. The second kappa shape index (κ2) is 18.4. The fourth-order valence-corrected chi connectivity index (χ4v) is 5.51. The molecular weight excluding hydrogens is 731 g/mol. The summed E-state index contributed by atoms with van der Waals surface area (Å²) in [5.74, 6) is -5.34. The predicted octanol–water partition coefficient (Wildman–Crippen LogP) is 7.16. The lowest BCUT2D eigenvalue weighted by Gasteiger charge is -2.40. The number of carboxylic acid groups (broad SMARTS) is 2. The molecule has 53 heavy (non-hydrogen) atoms. The molecule has 1 saturated carbocycles. The van der Waals surface area contributed by atoms with Crippen molar-refractivity contribution in [2.24, 2.45) is 0 Å². The van der Waals surface area contributed by atoms with E-state index in [0.717, 1.165) is 57.3 Å². The van der Waals surface area contributed by atoms with Crippen molar-refractivity contribution in [3.8, 4) is 23.1 Å². The highest BCUT2D eigenvalue weighted by molar-refractivity contribution is 5.73. The van der Waals surface area contributed by atoms with Gasteiger partial charge in [0.1, 0.15) is 5.75 Å². The number of halogens is 9. The van der Waals surface area contributed by atoms with E-state index in [-0.39, 0.29) is 17.8 Å². The van der Waals surface area contributed by atoms with E-state index in [0.29, 0.717) is 28.8 Å². The third kappa shape index (κ3) is 14.3. The van der Waals surface area contributed by atoms with Gasteiger partial charge in [-0.15, -0.1) is 13.2 Å². The van der Waals surface area contributed by atoms with Gasteiger partial charge in [-0.1, -0.05) is 25.0 Å². The molecule has 2 aliphatic rings. The Bertz CT molecular complexity index is 1670. The minimum Gasteiger partial charge on any atom is -0.475 e. The predicted molar refractivity (Wildman–Crippen MR) is 171 cm³/mol. The minimum atomic E-state index is -5.08. The summed E-state index contributed by atoms with van der Waals surface area (Å²) >= 11 is 0. The zero-order chi connectivity index (χ0) is 39.4. The summed E-state index contributed by atoms with van der Waals surface area (Å²) in [6.45, 7) is 1.89. The van der Waals surface area contributed by atoms with Crippen LogP contribution in [-0.2, 0) is 9.59 Å². The van der Waals surface area contributed by atoms with Crippen LogP contribution in [-0.4, -0.2) is 82.0 Å².